The molecule has 0 aromatic rings. The molecule has 0 saturated heterocycles. The molecule has 0 radical (unpaired) electrons. The molecule has 0 spiro atoms. The Kier molecular flexibility index (Phi) is 6.47. The number of guanidine groups is 1. The van der Waals surface area contributed by atoms with Gasteiger partial charge in [0.05, 0.1) is 0 Å². The van der Waals surface area contributed by atoms with Crippen molar-refractivity contribution in [3.63, 3.8) is 0 Å². The molecule has 5 heteroatoms. The molecule has 0 amide bonds. The average molecular weight is 211 g/mol. The Bertz CT molecular complexity index is 233. The van der Waals surface area contributed by atoms with E-state index < -0.39 is 0 Å². The summed E-state index contributed by atoms with van der Waals surface area (Å²) in [5, 5.41) is 14.4. The van der Waals surface area contributed by atoms with Crippen LogP contribution >= 0.6 is 0 Å². The number of nitrogens with zero attached hydrogens (tertiary/aromatic N) is 2. The fraction of sp³-hybridized carbons (Fsp3) is 0.800. The van der Waals surface area contributed by atoms with Crippen molar-refractivity contribution in [3.8, 4) is 6.19 Å². The molecule has 0 bridgehead atoms. The van der Waals surface area contributed by atoms with Gasteiger partial charge in [-0.15, -0.1) is 4.99 Å². The Morgan fingerprint density at radius 2 is 2.07 bits per heavy atom. The number of hydrogen-bond donors (Lipinski definition) is 3. The molecule has 0 fully saturated rings. The fourth-order valence-corrected chi connectivity index (χ4v) is 0.987. The molecule has 5 nitrogen and oxygen atoms in total. The van der Waals surface area contributed by atoms with E-state index in [0.29, 0.717) is 5.41 Å². The van der Waals surface area contributed by atoms with Crippen molar-refractivity contribution in [3.05, 3.63) is 0 Å². The van der Waals surface area contributed by atoms with Crippen molar-refractivity contribution in [2.75, 3.05) is 19.6 Å². The van der Waals surface area contributed by atoms with E-state index in [1.807, 2.05) is 0 Å². The standard InChI is InChI=1S/C10H21N5/c1-10(2,3)7-13-5-4-6-14-9(12)15-8-11/h13H,4-7H2,1-3H3,(H3,12,14,15). The lowest BCUT2D eigenvalue weighted by molar-refractivity contribution is 0.379. The molecule has 4 N–H and O–H groups in total. The van der Waals surface area contributed by atoms with Gasteiger partial charge in [0.25, 0.3) is 0 Å². The molecule has 0 aliphatic carbocycles. The van der Waals surface area contributed by atoms with E-state index in [-0.39, 0.29) is 5.96 Å². The highest BCUT2D eigenvalue weighted by atomic mass is 15.1. The Labute approximate surface area is 91.8 Å². The van der Waals surface area contributed by atoms with Gasteiger partial charge in [-0.1, -0.05) is 20.8 Å². The Hall–Kier alpha value is -1.28. The highest BCUT2D eigenvalue weighted by molar-refractivity contribution is 5.78. The van der Waals surface area contributed by atoms with Crippen LogP contribution < -0.4 is 16.4 Å². The van der Waals surface area contributed by atoms with Crippen LogP contribution in [0.25, 0.3) is 0 Å². The normalized spacial score (nSPS) is 12.3. The third-order valence-corrected chi connectivity index (χ3v) is 1.66. The summed E-state index contributed by atoms with van der Waals surface area (Å²) < 4.78 is 0. The summed E-state index contributed by atoms with van der Waals surface area (Å²) >= 11 is 0. The maximum Gasteiger partial charge on any atom is 0.209 e. The van der Waals surface area contributed by atoms with Crippen molar-refractivity contribution >= 4 is 5.96 Å². The summed E-state index contributed by atoms with van der Waals surface area (Å²) in [6, 6.07) is 0. The first-order valence-electron chi connectivity index (χ1n) is 5.12. The van der Waals surface area contributed by atoms with Crippen LogP contribution in [0.1, 0.15) is 27.2 Å². The maximum absolute atomic E-state index is 8.20. The maximum atomic E-state index is 8.20. The van der Waals surface area contributed by atoms with Crippen LogP contribution in [0.15, 0.2) is 4.99 Å². The second kappa shape index (κ2) is 7.07. The van der Waals surface area contributed by atoms with Crippen molar-refractivity contribution < 1.29 is 0 Å². The molecule has 0 aromatic heterocycles. The quantitative estimate of drug-likeness (QED) is 0.266. The van der Waals surface area contributed by atoms with Crippen LogP contribution in [0.2, 0.25) is 0 Å². The van der Waals surface area contributed by atoms with Gasteiger partial charge < -0.3 is 16.4 Å². The van der Waals surface area contributed by atoms with E-state index in [9.17, 15) is 0 Å². The number of nitriles is 1. The van der Waals surface area contributed by atoms with Gasteiger partial charge in [0, 0.05) is 6.54 Å². The monoisotopic (exact) mass is 211 g/mol. The van der Waals surface area contributed by atoms with Crippen LogP contribution in [-0.2, 0) is 0 Å². The third kappa shape index (κ3) is 10.6. The highest BCUT2D eigenvalue weighted by Gasteiger charge is 2.07. The van der Waals surface area contributed by atoms with Crippen molar-refractivity contribution in [2.24, 2.45) is 16.1 Å². The highest BCUT2D eigenvalue weighted by Crippen LogP contribution is 2.09. The number of nitrogens with one attached hydrogen (secondary N) is 2. The van der Waals surface area contributed by atoms with Crippen LogP contribution in [0.5, 0.6) is 0 Å². The molecule has 0 atom stereocenters. The molecular formula is C10H21N5. The van der Waals surface area contributed by atoms with Gasteiger partial charge in [-0.3, -0.25) is 0 Å². The summed E-state index contributed by atoms with van der Waals surface area (Å²) in [6.45, 7) is 9.23. The second-order valence-electron chi connectivity index (χ2n) is 4.61. The molecule has 0 unspecified atom stereocenters. The van der Waals surface area contributed by atoms with E-state index >= 15 is 0 Å². The van der Waals surface area contributed by atoms with E-state index in [0.717, 1.165) is 26.1 Å². The van der Waals surface area contributed by atoms with Crippen molar-refractivity contribution in [2.45, 2.75) is 27.2 Å². The van der Waals surface area contributed by atoms with Crippen LogP contribution in [-0.4, -0.2) is 25.6 Å². The predicted octanol–water partition coefficient (Wildman–Crippen LogP) is 0.398. The Morgan fingerprint density at radius 3 is 2.60 bits per heavy atom. The average Bonchev–Trinajstić information content (AvgIpc) is 2.09. The zero-order valence-corrected chi connectivity index (χ0v) is 9.80. The molecule has 15 heavy (non-hydrogen) atoms. The van der Waals surface area contributed by atoms with E-state index in [4.69, 9.17) is 11.0 Å². The number of aliphatic imine (C=N–C) groups is 1. The van der Waals surface area contributed by atoms with Gasteiger partial charge in [0.15, 0.2) is 0 Å². The molecule has 0 aliphatic heterocycles. The number of hydrogen-bond acceptors (Lipinski definition) is 3. The first-order valence-corrected chi connectivity index (χ1v) is 5.12. The molecule has 0 aliphatic rings. The van der Waals surface area contributed by atoms with Gasteiger partial charge in [-0.2, -0.15) is 5.26 Å². The molecule has 0 rings (SSSR count). The molecule has 0 heterocycles. The van der Waals surface area contributed by atoms with E-state index in [1.54, 1.807) is 6.19 Å². The zero-order chi connectivity index (χ0) is 11.7. The van der Waals surface area contributed by atoms with Crippen LogP contribution in [0.4, 0.5) is 0 Å². The van der Waals surface area contributed by atoms with Gasteiger partial charge >= 0.3 is 0 Å². The van der Waals surface area contributed by atoms with Gasteiger partial charge in [0.2, 0.25) is 12.2 Å². The van der Waals surface area contributed by atoms with Crippen molar-refractivity contribution in [1.29, 1.82) is 5.26 Å². The first kappa shape index (κ1) is 13.7. The summed E-state index contributed by atoms with van der Waals surface area (Å²) in [7, 11) is 0. The topological polar surface area (TPSA) is 86.2 Å². The minimum absolute atomic E-state index is 0.188. The van der Waals surface area contributed by atoms with E-state index in [2.05, 4.69) is 36.4 Å². The smallest absolute Gasteiger partial charge is 0.209 e. The predicted molar refractivity (Wildman–Crippen MR) is 62.2 cm³/mol. The SMILES string of the molecule is CC(C)(C)CNCCCN/C(N)=N\C#N. The third-order valence-electron chi connectivity index (χ3n) is 1.66. The first-order chi connectivity index (χ1) is 6.95. The summed E-state index contributed by atoms with van der Waals surface area (Å²) in [6.07, 6.45) is 2.58. The van der Waals surface area contributed by atoms with Gasteiger partial charge in [-0.05, 0) is 24.9 Å². The fourth-order valence-electron chi connectivity index (χ4n) is 0.987. The Balaban J connectivity index is 3.34. The van der Waals surface area contributed by atoms with Gasteiger partial charge in [-0.25, -0.2) is 0 Å². The zero-order valence-electron chi connectivity index (χ0n) is 9.80. The molecule has 0 saturated carbocycles. The van der Waals surface area contributed by atoms with Crippen molar-refractivity contribution in [1.82, 2.24) is 10.6 Å². The lowest BCUT2D eigenvalue weighted by Crippen LogP contribution is -2.34. The number of nitrogens with two attached hydrogens (primary N) is 1. The summed E-state index contributed by atoms with van der Waals surface area (Å²) in [4.78, 5) is 3.35. The summed E-state index contributed by atoms with van der Waals surface area (Å²) in [5.41, 5.74) is 5.68. The summed E-state index contributed by atoms with van der Waals surface area (Å²) in [5.74, 6) is 0.188. The van der Waals surface area contributed by atoms with E-state index in [1.165, 1.54) is 0 Å². The number of rotatable bonds is 5. The second-order valence-corrected chi connectivity index (χ2v) is 4.61. The Morgan fingerprint density at radius 1 is 1.40 bits per heavy atom. The minimum Gasteiger partial charge on any atom is -0.369 e. The van der Waals surface area contributed by atoms with Crippen LogP contribution in [0, 0.1) is 16.9 Å². The largest absolute Gasteiger partial charge is 0.369 e. The molecule has 0 aromatic carbocycles. The minimum atomic E-state index is 0.188. The molecular weight excluding hydrogens is 190 g/mol. The molecule has 86 valence electrons. The van der Waals surface area contributed by atoms with Gasteiger partial charge in [0.1, 0.15) is 0 Å². The van der Waals surface area contributed by atoms with Crippen LogP contribution in [0.3, 0.4) is 0 Å². The lowest BCUT2D eigenvalue weighted by Gasteiger charge is -2.18. The lowest BCUT2D eigenvalue weighted by atomic mass is 9.97.